The monoisotopic (exact) mass is 334 g/mol. The topological polar surface area (TPSA) is 77.5 Å². The SMILES string of the molecule is CC(=O)c1cc2c(cc1NC(=O)c1ccc3ccccc3n1)OCO2. The summed E-state index contributed by atoms with van der Waals surface area (Å²) in [5.74, 6) is 0.408. The van der Waals surface area contributed by atoms with E-state index in [1.807, 2.05) is 30.3 Å². The standard InChI is InChI=1S/C19H14N2O4/c1-11(22)13-8-17-18(25-10-24-17)9-16(13)21-19(23)15-7-6-12-4-2-3-5-14(12)20-15/h2-9H,10H2,1H3,(H,21,23). The fourth-order valence-electron chi connectivity index (χ4n) is 2.72. The van der Waals surface area contributed by atoms with Crippen molar-refractivity contribution in [2.75, 3.05) is 12.1 Å². The molecular formula is C19H14N2O4. The minimum atomic E-state index is -0.396. The average Bonchev–Trinajstić information content (AvgIpc) is 3.07. The lowest BCUT2D eigenvalue weighted by atomic mass is 10.1. The second-order valence-corrected chi connectivity index (χ2v) is 5.65. The number of ether oxygens (including phenoxy) is 2. The van der Waals surface area contributed by atoms with Gasteiger partial charge in [0.2, 0.25) is 6.79 Å². The van der Waals surface area contributed by atoms with Gasteiger partial charge in [0, 0.05) is 17.0 Å². The number of aromatic nitrogens is 1. The summed E-state index contributed by atoms with van der Waals surface area (Å²) < 4.78 is 10.6. The highest BCUT2D eigenvalue weighted by atomic mass is 16.7. The van der Waals surface area contributed by atoms with Crippen LogP contribution in [0.5, 0.6) is 11.5 Å². The summed E-state index contributed by atoms with van der Waals surface area (Å²) in [5, 5.41) is 3.70. The maximum atomic E-state index is 12.6. The molecule has 0 atom stereocenters. The van der Waals surface area contributed by atoms with Crippen molar-refractivity contribution in [2.45, 2.75) is 6.92 Å². The van der Waals surface area contributed by atoms with E-state index in [0.29, 0.717) is 22.7 Å². The molecule has 3 aromatic rings. The van der Waals surface area contributed by atoms with Gasteiger partial charge < -0.3 is 14.8 Å². The number of ketones is 1. The summed E-state index contributed by atoms with van der Waals surface area (Å²) in [4.78, 5) is 28.8. The summed E-state index contributed by atoms with van der Waals surface area (Å²) in [6.07, 6.45) is 0. The van der Waals surface area contributed by atoms with E-state index >= 15 is 0 Å². The van der Waals surface area contributed by atoms with E-state index in [0.717, 1.165) is 10.9 Å². The van der Waals surface area contributed by atoms with Crippen LogP contribution in [0.25, 0.3) is 10.9 Å². The predicted octanol–water partition coefficient (Wildman–Crippen LogP) is 3.42. The molecule has 1 aliphatic heterocycles. The van der Waals surface area contributed by atoms with Crippen LogP contribution in [0.15, 0.2) is 48.5 Å². The van der Waals surface area contributed by atoms with E-state index in [2.05, 4.69) is 10.3 Å². The lowest BCUT2D eigenvalue weighted by Crippen LogP contribution is -2.15. The fraction of sp³-hybridized carbons (Fsp3) is 0.105. The number of benzene rings is 2. The molecule has 0 radical (unpaired) electrons. The Bertz CT molecular complexity index is 1010. The van der Waals surface area contributed by atoms with Crippen molar-refractivity contribution < 1.29 is 19.1 Å². The Hall–Kier alpha value is -3.41. The molecule has 0 bridgehead atoms. The zero-order valence-corrected chi connectivity index (χ0v) is 13.4. The predicted molar refractivity (Wildman–Crippen MR) is 92.3 cm³/mol. The number of para-hydroxylation sites is 1. The van der Waals surface area contributed by atoms with Crippen LogP contribution in [0.1, 0.15) is 27.8 Å². The lowest BCUT2D eigenvalue weighted by molar-refractivity contribution is 0.101. The van der Waals surface area contributed by atoms with Crippen LogP contribution in [0, 0.1) is 0 Å². The van der Waals surface area contributed by atoms with Crippen LogP contribution in [0.3, 0.4) is 0 Å². The van der Waals surface area contributed by atoms with Gasteiger partial charge in [-0.3, -0.25) is 9.59 Å². The summed E-state index contributed by atoms with van der Waals surface area (Å²) >= 11 is 0. The van der Waals surface area contributed by atoms with Gasteiger partial charge in [-0.05, 0) is 25.1 Å². The number of carbonyl (C=O) groups excluding carboxylic acids is 2. The summed E-state index contributed by atoms with van der Waals surface area (Å²) in [6, 6.07) is 14.2. The summed E-state index contributed by atoms with van der Waals surface area (Å²) in [6.45, 7) is 1.53. The number of rotatable bonds is 3. The molecule has 6 heteroatoms. The summed E-state index contributed by atoms with van der Waals surface area (Å²) in [5.41, 5.74) is 1.73. The highest BCUT2D eigenvalue weighted by molar-refractivity contribution is 6.09. The Morgan fingerprint density at radius 1 is 1.04 bits per heavy atom. The van der Waals surface area contributed by atoms with Gasteiger partial charge in [-0.1, -0.05) is 24.3 Å². The highest BCUT2D eigenvalue weighted by Crippen LogP contribution is 2.37. The molecule has 6 nitrogen and oxygen atoms in total. The van der Waals surface area contributed by atoms with Crippen molar-refractivity contribution in [3.63, 3.8) is 0 Å². The second kappa shape index (κ2) is 5.90. The molecule has 0 fully saturated rings. The first-order valence-corrected chi connectivity index (χ1v) is 7.73. The Kier molecular flexibility index (Phi) is 3.57. The number of hydrogen-bond acceptors (Lipinski definition) is 5. The molecule has 4 rings (SSSR count). The zero-order chi connectivity index (χ0) is 17.4. The third kappa shape index (κ3) is 2.78. The van der Waals surface area contributed by atoms with E-state index in [-0.39, 0.29) is 18.3 Å². The van der Waals surface area contributed by atoms with Gasteiger partial charge >= 0.3 is 0 Å². The minimum Gasteiger partial charge on any atom is -0.454 e. The number of pyridine rings is 1. The van der Waals surface area contributed by atoms with E-state index in [1.54, 1.807) is 18.2 Å². The van der Waals surface area contributed by atoms with Crippen LogP contribution in [-0.2, 0) is 0 Å². The number of hydrogen-bond donors (Lipinski definition) is 1. The van der Waals surface area contributed by atoms with Crippen molar-refractivity contribution in [2.24, 2.45) is 0 Å². The molecule has 0 spiro atoms. The molecule has 1 N–H and O–H groups in total. The molecular weight excluding hydrogens is 320 g/mol. The van der Waals surface area contributed by atoms with Gasteiger partial charge in [-0.15, -0.1) is 0 Å². The minimum absolute atomic E-state index is 0.0936. The van der Waals surface area contributed by atoms with Crippen molar-refractivity contribution in [3.8, 4) is 11.5 Å². The molecule has 2 heterocycles. The number of carbonyl (C=O) groups is 2. The molecule has 124 valence electrons. The lowest BCUT2D eigenvalue weighted by Gasteiger charge is -2.10. The molecule has 25 heavy (non-hydrogen) atoms. The number of nitrogens with one attached hydrogen (secondary N) is 1. The highest BCUT2D eigenvalue weighted by Gasteiger charge is 2.21. The molecule has 0 aliphatic carbocycles. The van der Waals surface area contributed by atoms with Crippen molar-refractivity contribution in [1.29, 1.82) is 0 Å². The van der Waals surface area contributed by atoms with Crippen LogP contribution in [0.4, 0.5) is 5.69 Å². The second-order valence-electron chi connectivity index (χ2n) is 5.65. The fourth-order valence-corrected chi connectivity index (χ4v) is 2.72. The van der Waals surface area contributed by atoms with Crippen molar-refractivity contribution in [3.05, 3.63) is 59.8 Å². The number of Topliss-reactive ketones (excluding diaryl/α,β-unsaturated/α-hetero) is 1. The molecule has 1 aromatic heterocycles. The van der Waals surface area contributed by atoms with Gasteiger partial charge in [0.25, 0.3) is 5.91 Å². The average molecular weight is 334 g/mol. The van der Waals surface area contributed by atoms with E-state index in [4.69, 9.17) is 9.47 Å². The quantitative estimate of drug-likeness (QED) is 0.743. The first-order chi connectivity index (χ1) is 12.1. The maximum Gasteiger partial charge on any atom is 0.274 e. The smallest absolute Gasteiger partial charge is 0.274 e. The Labute approximate surface area is 143 Å². The third-order valence-corrected chi connectivity index (χ3v) is 3.97. The van der Waals surface area contributed by atoms with E-state index in [1.165, 1.54) is 6.92 Å². The number of nitrogens with zero attached hydrogens (tertiary/aromatic N) is 1. The van der Waals surface area contributed by atoms with Crippen LogP contribution >= 0.6 is 0 Å². The zero-order valence-electron chi connectivity index (χ0n) is 13.4. The first kappa shape index (κ1) is 15.1. The van der Waals surface area contributed by atoms with Crippen molar-refractivity contribution >= 4 is 28.3 Å². The Morgan fingerprint density at radius 2 is 1.80 bits per heavy atom. The number of anilines is 1. The van der Waals surface area contributed by atoms with Crippen LogP contribution in [-0.4, -0.2) is 23.5 Å². The number of fused-ring (bicyclic) bond motifs is 2. The van der Waals surface area contributed by atoms with E-state index < -0.39 is 5.91 Å². The largest absolute Gasteiger partial charge is 0.454 e. The van der Waals surface area contributed by atoms with Crippen molar-refractivity contribution in [1.82, 2.24) is 4.98 Å². The van der Waals surface area contributed by atoms with Gasteiger partial charge in [0.05, 0.1) is 11.2 Å². The third-order valence-electron chi connectivity index (χ3n) is 3.97. The van der Waals surface area contributed by atoms with Gasteiger partial charge in [0.1, 0.15) is 5.69 Å². The van der Waals surface area contributed by atoms with Gasteiger partial charge in [0.15, 0.2) is 17.3 Å². The van der Waals surface area contributed by atoms with Gasteiger partial charge in [-0.25, -0.2) is 4.98 Å². The van der Waals surface area contributed by atoms with E-state index in [9.17, 15) is 9.59 Å². The van der Waals surface area contributed by atoms with Crippen LogP contribution < -0.4 is 14.8 Å². The van der Waals surface area contributed by atoms with Crippen LogP contribution in [0.2, 0.25) is 0 Å². The Balaban J connectivity index is 1.69. The summed E-state index contributed by atoms with van der Waals surface area (Å²) in [7, 11) is 0. The molecule has 1 amide bonds. The maximum absolute atomic E-state index is 12.6. The number of amides is 1. The Morgan fingerprint density at radius 3 is 2.60 bits per heavy atom. The molecule has 0 saturated carbocycles. The normalized spacial score (nSPS) is 12.2. The molecule has 1 aliphatic rings. The molecule has 0 saturated heterocycles. The first-order valence-electron chi connectivity index (χ1n) is 7.73. The molecule has 0 unspecified atom stereocenters. The van der Waals surface area contributed by atoms with Gasteiger partial charge in [-0.2, -0.15) is 0 Å². The molecule has 2 aromatic carbocycles.